The second kappa shape index (κ2) is 9.82. The van der Waals surface area contributed by atoms with Gasteiger partial charge in [-0.3, -0.25) is 14.2 Å². The first-order valence-corrected chi connectivity index (χ1v) is 10.8. The van der Waals surface area contributed by atoms with Gasteiger partial charge in [0, 0.05) is 30.1 Å². The predicted molar refractivity (Wildman–Crippen MR) is 126 cm³/mol. The summed E-state index contributed by atoms with van der Waals surface area (Å²) in [7, 11) is 0. The van der Waals surface area contributed by atoms with E-state index in [-0.39, 0.29) is 24.1 Å². The molecule has 1 amide bonds. The highest BCUT2D eigenvalue weighted by Gasteiger charge is 2.32. The van der Waals surface area contributed by atoms with Gasteiger partial charge in [-0.15, -0.1) is 0 Å². The SMILES string of the molecule is C=CC(=O)N1CCCC1c1nc(-c2ccc(OC/C(C=C)=C(\F)C(=C)F)cc2)c2cnccn12. The zero-order valence-electron chi connectivity index (χ0n) is 18.6. The lowest BCUT2D eigenvalue weighted by Gasteiger charge is -2.22. The average Bonchev–Trinajstić information content (AvgIpc) is 3.49. The number of benzene rings is 1. The van der Waals surface area contributed by atoms with Crippen LogP contribution in [0.5, 0.6) is 5.75 Å². The first-order valence-electron chi connectivity index (χ1n) is 10.8. The summed E-state index contributed by atoms with van der Waals surface area (Å²) < 4.78 is 34.4. The molecule has 6 nitrogen and oxygen atoms in total. The van der Waals surface area contributed by atoms with Gasteiger partial charge in [-0.05, 0) is 43.2 Å². The fourth-order valence-corrected chi connectivity index (χ4v) is 4.08. The van der Waals surface area contributed by atoms with Crippen molar-refractivity contribution in [1.29, 1.82) is 0 Å². The van der Waals surface area contributed by atoms with E-state index < -0.39 is 11.7 Å². The molecule has 3 aromatic rings. The zero-order chi connectivity index (χ0) is 24.2. The number of hydrogen-bond donors (Lipinski definition) is 0. The highest BCUT2D eigenvalue weighted by Crippen LogP contribution is 2.35. The summed E-state index contributed by atoms with van der Waals surface area (Å²) in [5.74, 6) is -1.12. The van der Waals surface area contributed by atoms with E-state index in [0.717, 1.165) is 35.4 Å². The lowest BCUT2D eigenvalue weighted by molar-refractivity contribution is -0.127. The normalized spacial score (nSPS) is 16.3. The van der Waals surface area contributed by atoms with Crippen molar-refractivity contribution in [2.45, 2.75) is 18.9 Å². The second-order valence-electron chi connectivity index (χ2n) is 7.81. The number of halogens is 2. The Morgan fingerprint density at radius 2 is 1.97 bits per heavy atom. The maximum atomic E-state index is 13.8. The summed E-state index contributed by atoms with van der Waals surface area (Å²) in [4.78, 5) is 23.3. The van der Waals surface area contributed by atoms with E-state index in [1.807, 2.05) is 22.7 Å². The van der Waals surface area contributed by atoms with Gasteiger partial charge < -0.3 is 9.64 Å². The number of nitrogens with zero attached hydrogens (tertiary/aromatic N) is 4. The van der Waals surface area contributed by atoms with Gasteiger partial charge in [-0.25, -0.2) is 13.8 Å². The van der Waals surface area contributed by atoms with Gasteiger partial charge in [-0.1, -0.05) is 25.8 Å². The van der Waals surface area contributed by atoms with E-state index in [2.05, 4.69) is 24.7 Å². The Hall–Kier alpha value is -4.07. The van der Waals surface area contributed by atoms with Crippen molar-refractivity contribution in [3.8, 4) is 17.0 Å². The van der Waals surface area contributed by atoms with Crippen molar-refractivity contribution >= 4 is 11.4 Å². The molecule has 34 heavy (non-hydrogen) atoms. The first-order chi connectivity index (χ1) is 16.4. The minimum absolute atomic E-state index is 0.0254. The maximum Gasteiger partial charge on any atom is 0.246 e. The van der Waals surface area contributed by atoms with E-state index >= 15 is 0 Å². The molecule has 1 aromatic carbocycles. The quantitative estimate of drug-likeness (QED) is 0.327. The number of hydrogen-bond acceptors (Lipinski definition) is 4. The van der Waals surface area contributed by atoms with Gasteiger partial charge in [0.15, 0.2) is 11.7 Å². The Morgan fingerprint density at radius 3 is 2.65 bits per heavy atom. The minimum atomic E-state index is -1.17. The smallest absolute Gasteiger partial charge is 0.246 e. The van der Waals surface area contributed by atoms with Crippen LogP contribution in [0.15, 0.2) is 92.0 Å². The largest absolute Gasteiger partial charge is 0.489 e. The Bertz CT molecular complexity index is 1290. The van der Waals surface area contributed by atoms with Crippen LogP contribution in [-0.2, 0) is 4.79 Å². The average molecular weight is 463 g/mol. The van der Waals surface area contributed by atoms with Crippen molar-refractivity contribution in [1.82, 2.24) is 19.3 Å². The summed E-state index contributed by atoms with van der Waals surface area (Å²) in [5, 5.41) is 0. The van der Waals surface area contributed by atoms with Crippen LogP contribution in [0.3, 0.4) is 0 Å². The van der Waals surface area contributed by atoms with Crippen molar-refractivity contribution < 1.29 is 18.3 Å². The van der Waals surface area contributed by atoms with Crippen LogP contribution in [-0.4, -0.2) is 38.3 Å². The molecule has 1 atom stereocenters. The van der Waals surface area contributed by atoms with Crippen molar-refractivity contribution in [3.05, 3.63) is 97.8 Å². The lowest BCUT2D eigenvalue weighted by atomic mass is 10.1. The van der Waals surface area contributed by atoms with Gasteiger partial charge in [0.25, 0.3) is 0 Å². The van der Waals surface area contributed by atoms with Crippen molar-refractivity contribution in [2.24, 2.45) is 0 Å². The molecular weight excluding hydrogens is 438 g/mol. The Labute approximate surface area is 196 Å². The Kier molecular flexibility index (Phi) is 6.67. The van der Waals surface area contributed by atoms with Crippen LogP contribution in [0.1, 0.15) is 24.7 Å². The van der Waals surface area contributed by atoms with Crippen LogP contribution in [0.4, 0.5) is 8.78 Å². The van der Waals surface area contributed by atoms with E-state index in [1.54, 1.807) is 29.4 Å². The standard InChI is InChI=1S/C26H24F2N4O2/c1-4-18(24(28)17(3)27)16-34-20-10-8-19(9-11-20)25-22-15-29-12-14-32(22)26(30-25)21-7-6-13-31(21)23(33)5-2/h4-5,8-12,14-15,21H,1-3,6-7,13,16H2/b24-18-. The molecule has 1 saturated heterocycles. The third-order valence-electron chi connectivity index (χ3n) is 5.77. The first kappa shape index (κ1) is 23.1. The second-order valence-corrected chi connectivity index (χ2v) is 7.81. The van der Waals surface area contributed by atoms with Gasteiger partial charge >= 0.3 is 0 Å². The van der Waals surface area contributed by atoms with Gasteiger partial charge in [0.1, 0.15) is 18.2 Å². The summed E-state index contributed by atoms with van der Waals surface area (Å²) in [6.45, 7) is 10.5. The van der Waals surface area contributed by atoms with Gasteiger partial charge in [-0.2, -0.15) is 0 Å². The van der Waals surface area contributed by atoms with Crippen LogP contribution in [0, 0.1) is 0 Å². The summed E-state index contributed by atoms with van der Waals surface area (Å²) in [6.07, 6.45) is 9.49. The van der Waals surface area contributed by atoms with Crippen molar-refractivity contribution in [2.75, 3.05) is 13.2 Å². The molecule has 4 rings (SSSR count). The Balaban J connectivity index is 1.63. The molecule has 0 bridgehead atoms. The number of carbonyl (C=O) groups is 1. The van der Waals surface area contributed by atoms with Crippen LogP contribution < -0.4 is 4.74 Å². The fraction of sp³-hybridized carbons (Fsp3) is 0.192. The zero-order valence-corrected chi connectivity index (χ0v) is 18.6. The van der Waals surface area contributed by atoms with Crippen LogP contribution in [0.2, 0.25) is 0 Å². The van der Waals surface area contributed by atoms with E-state index in [1.165, 1.54) is 12.2 Å². The molecule has 1 fully saturated rings. The minimum Gasteiger partial charge on any atom is -0.489 e. The molecule has 0 aliphatic carbocycles. The molecule has 1 unspecified atom stereocenters. The molecular formula is C26H24F2N4O2. The van der Waals surface area contributed by atoms with Crippen LogP contribution >= 0.6 is 0 Å². The monoisotopic (exact) mass is 462 g/mol. The predicted octanol–water partition coefficient (Wildman–Crippen LogP) is 5.52. The number of aromatic nitrogens is 3. The van der Waals surface area contributed by atoms with Crippen LogP contribution in [0.25, 0.3) is 16.8 Å². The number of amides is 1. The molecule has 0 radical (unpaired) electrons. The Morgan fingerprint density at radius 1 is 1.21 bits per heavy atom. The molecule has 0 saturated carbocycles. The van der Waals surface area contributed by atoms with Gasteiger partial charge in [0.2, 0.25) is 5.91 Å². The van der Waals surface area contributed by atoms with E-state index in [0.29, 0.717) is 12.3 Å². The molecule has 0 N–H and O–H groups in total. The summed E-state index contributed by atoms with van der Waals surface area (Å²) in [6, 6.07) is 6.96. The highest BCUT2D eigenvalue weighted by molar-refractivity contribution is 5.87. The lowest BCUT2D eigenvalue weighted by Crippen LogP contribution is -2.29. The third-order valence-corrected chi connectivity index (χ3v) is 5.77. The third kappa shape index (κ3) is 4.39. The van der Waals surface area contributed by atoms with Gasteiger partial charge in [0.05, 0.1) is 23.4 Å². The molecule has 8 heteroatoms. The number of rotatable bonds is 8. The van der Waals surface area contributed by atoms with E-state index in [4.69, 9.17) is 9.72 Å². The van der Waals surface area contributed by atoms with E-state index in [9.17, 15) is 13.6 Å². The summed E-state index contributed by atoms with van der Waals surface area (Å²) in [5.41, 5.74) is 2.33. The van der Waals surface area contributed by atoms with Crippen molar-refractivity contribution in [3.63, 3.8) is 0 Å². The number of likely N-dealkylation sites (tertiary alicyclic amines) is 1. The molecule has 1 aliphatic rings. The molecule has 174 valence electrons. The number of imidazole rings is 1. The number of carbonyl (C=O) groups excluding carboxylic acids is 1. The summed E-state index contributed by atoms with van der Waals surface area (Å²) >= 11 is 0. The highest BCUT2D eigenvalue weighted by atomic mass is 19.2. The number of ether oxygens (including phenoxy) is 1. The number of allylic oxidation sites excluding steroid dienone is 2. The topological polar surface area (TPSA) is 59.7 Å². The molecule has 3 heterocycles. The molecule has 2 aromatic heterocycles. The molecule has 1 aliphatic heterocycles. The number of fused-ring (bicyclic) bond motifs is 1. The maximum absolute atomic E-state index is 13.8. The molecule has 0 spiro atoms. The fourth-order valence-electron chi connectivity index (χ4n) is 4.08.